The molecule has 0 heterocycles. The van der Waals surface area contributed by atoms with Gasteiger partial charge in [0.25, 0.3) is 0 Å². The molecule has 65 valence electrons. The van der Waals surface area contributed by atoms with E-state index in [0.29, 0.717) is 0 Å². The molecule has 2 nitrogen and oxygen atoms in total. The molecule has 0 aromatic carbocycles. The predicted molar refractivity (Wildman–Crippen MR) is 43.5 cm³/mol. The molecule has 0 aromatic heterocycles. The van der Waals surface area contributed by atoms with E-state index in [4.69, 9.17) is 27.9 Å². The molecular formula is C5H8Cl3O2Ti. The van der Waals surface area contributed by atoms with Crippen molar-refractivity contribution in [2.75, 3.05) is 0 Å². The van der Waals surface area contributed by atoms with Gasteiger partial charge in [0.05, 0.1) is 6.42 Å². The fourth-order valence-corrected chi connectivity index (χ4v) is 0.351. The maximum absolute atomic E-state index is 10.0. The summed E-state index contributed by atoms with van der Waals surface area (Å²) in [7, 11) is 14.9. The van der Waals surface area contributed by atoms with Crippen molar-refractivity contribution in [1.29, 1.82) is 0 Å². The Hall–Kier alpha value is 0.924. The summed E-state index contributed by atoms with van der Waals surface area (Å²) in [5.41, 5.74) is 0. The third-order valence-electron chi connectivity index (χ3n) is 0.498. The number of hydrogen-bond donors (Lipinski definition) is 0. The van der Waals surface area contributed by atoms with E-state index in [1.54, 1.807) is 0 Å². The zero-order valence-electron chi connectivity index (χ0n) is 6.16. The van der Waals surface area contributed by atoms with Gasteiger partial charge in [-0.15, -0.1) is 0 Å². The Morgan fingerprint density at radius 1 is 1.09 bits per heavy atom. The summed E-state index contributed by atoms with van der Waals surface area (Å²) in [5.74, 6) is -0.125. The Bertz CT molecular complexity index is 123. The van der Waals surface area contributed by atoms with Gasteiger partial charge < -0.3 is 0 Å². The van der Waals surface area contributed by atoms with Crippen LogP contribution in [-0.4, -0.2) is 11.6 Å². The zero-order valence-corrected chi connectivity index (χ0v) is 9.99. The van der Waals surface area contributed by atoms with Crippen molar-refractivity contribution in [2.24, 2.45) is 0 Å². The predicted octanol–water partition coefficient (Wildman–Crippen LogP) is 2.62. The first-order chi connectivity index (χ1) is 4.86. The number of ketones is 2. The van der Waals surface area contributed by atoms with Gasteiger partial charge in [0, 0.05) is 0 Å². The normalized spacial score (nSPS) is 7.73. The second-order valence-electron chi connectivity index (χ2n) is 1.80. The second-order valence-corrected chi connectivity index (χ2v) is 9.53. The van der Waals surface area contributed by atoms with Crippen molar-refractivity contribution in [2.45, 2.75) is 20.3 Å². The molecule has 0 amide bonds. The van der Waals surface area contributed by atoms with Crippen molar-refractivity contribution in [1.82, 2.24) is 0 Å². The minimum absolute atomic E-state index is 0.0625. The van der Waals surface area contributed by atoms with Gasteiger partial charge in [0.1, 0.15) is 11.6 Å². The second kappa shape index (κ2) is 9.02. The van der Waals surface area contributed by atoms with E-state index in [-0.39, 0.29) is 18.0 Å². The third-order valence-corrected chi connectivity index (χ3v) is 0.498. The van der Waals surface area contributed by atoms with Crippen LogP contribution >= 0.6 is 27.9 Å². The molecule has 0 atom stereocenters. The Kier molecular flexibility index (Phi) is 11.8. The van der Waals surface area contributed by atoms with Crippen LogP contribution < -0.4 is 0 Å². The van der Waals surface area contributed by atoms with Gasteiger partial charge in [-0.05, 0) is 13.8 Å². The SMILES string of the molecule is CC(=O)CC(C)=O.[Cl][Ti]([Cl])[Cl]. The first-order valence-corrected chi connectivity index (χ1v) is 9.13. The summed E-state index contributed by atoms with van der Waals surface area (Å²) in [6, 6.07) is 0. The molecule has 0 aromatic rings. The summed E-state index contributed by atoms with van der Waals surface area (Å²) >= 11 is -1.92. The molecule has 6 heteroatoms. The molecule has 0 unspecified atom stereocenters. The fraction of sp³-hybridized carbons (Fsp3) is 0.600. The van der Waals surface area contributed by atoms with Gasteiger partial charge in [-0.2, -0.15) is 0 Å². The first kappa shape index (κ1) is 14.4. The van der Waals surface area contributed by atoms with Crippen LogP contribution in [0.4, 0.5) is 0 Å². The van der Waals surface area contributed by atoms with Crippen molar-refractivity contribution in [3.63, 3.8) is 0 Å². The van der Waals surface area contributed by atoms with Crippen LogP contribution in [0.1, 0.15) is 20.3 Å². The number of hydrogen-bond acceptors (Lipinski definition) is 2. The van der Waals surface area contributed by atoms with Crippen LogP contribution in [0, 0.1) is 0 Å². The van der Waals surface area contributed by atoms with Crippen LogP contribution in [0.5, 0.6) is 0 Å². The summed E-state index contributed by atoms with van der Waals surface area (Å²) in [5, 5.41) is 0. The van der Waals surface area contributed by atoms with E-state index in [2.05, 4.69) is 0 Å². The van der Waals surface area contributed by atoms with Gasteiger partial charge in [0.15, 0.2) is 0 Å². The molecule has 0 aliphatic carbocycles. The van der Waals surface area contributed by atoms with Crippen LogP contribution in [0.3, 0.4) is 0 Å². The number of Topliss-reactive ketones (excluding diaryl/α,β-unsaturated/α-hetero) is 2. The van der Waals surface area contributed by atoms with E-state index in [9.17, 15) is 9.59 Å². The van der Waals surface area contributed by atoms with Gasteiger partial charge in [-0.3, -0.25) is 9.59 Å². The Morgan fingerprint density at radius 3 is 1.27 bits per heavy atom. The van der Waals surface area contributed by atoms with Crippen LogP contribution in [0.25, 0.3) is 0 Å². The Morgan fingerprint density at radius 2 is 1.27 bits per heavy atom. The average Bonchev–Trinajstić information content (AvgIpc) is 1.56. The maximum atomic E-state index is 10.0. The quantitative estimate of drug-likeness (QED) is 0.561. The molecular weight excluding hydrogens is 246 g/mol. The number of carbonyl (C=O) groups is 2. The van der Waals surface area contributed by atoms with Crippen molar-refractivity contribution in [3.8, 4) is 0 Å². The van der Waals surface area contributed by atoms with E-state index in [0.717, 1.165) is 0 Å². The van der Waals surface area contributed by atoms with Gasteiger partial charge >= 0.3 is 42.6 Å². The Labute approximate surface area is 83.7 Å². The molecule has 0 bridgehead atoms. The van der Waals surface area contributed by atoms with Crippen molar-refractivity contribution >= 4 is 39.5 Å². The van der Waals surface area contributed by atoms with Gasteiger partial charge in [-0.1, -0.05) is 0 Å². The molecule has 0 aliphatic heterocycles. The number of carbonyl (C=O) groups excluding carboxylic acids is 2. The third kappa shape index (κ3) is 35.9. The van der Waals surface area contributed by atoms with Crippen LogP contribution in [0.2, 0.25) is 0 Å². The average molecular weight is 254 g/mol. The van der Waals surface area contributed by atoms with E-state index in [1.807, 2.05) is 0 Å². The first-order valence-electron chi connectivity index (χ1n) is 2.68. The van der Waals surface area contributed by atoms with E-state index >= 15 is 0 Å². The summed E-state index contributed by atoms with van der Waals surface area (Å²) in [6.07, 6.45) is 0.0833. The monoisotopic (exact) mass is 253 g/mol. The molecule has 11 heavy (non-hydrogen) atoms. The fourth-order valence-electron chi connectivity index (χ4n) is 0.351. The minimum atomic E-state index is -1.92. The molecule has 0 saturated carbocycles. The summed E-state index contributed by atoms with van der Waals surface area (Å²) < 4.78 is 0. The topological polar surface area (TPSA) is 34.1 Å². The van der Waals surface area contributed by atoms with Crippen LogP contribution in [0.15, 0.2) is 0 Å². The van der Waals surface area contributed by atoms with Crippen molar-refractivity contribution in [3.05, 3.63) is 0 Å². The van der Waals surface area contributed by atoms with Gasteiger partial charge in [-0.25, -0.2) is 0 Å². The molecule has 0 aliphatic rings. The standard InChI is InChI=1S/C5H8O2.3ClH.Ti/c1-4(6)3-5(2)7;;;;/h3H2,1-2H3;3*1H;/q;;;;+3/p-3. The molecule has 0 fully saturated rings. The van der Waals surface area contributed by atoms with E-state index in [1.165, 1.54) is 13.8 Å². The number of halogens is 3. The summed E-state index contributed by atoms with van der Waals surface area (Å²) in [4.78, 5) is 20.1. The Balaban J connectivity index is 0. The van der Waals surface area contributed by atoms with E-state index < -0.39 is 14.7 Å². The van der Waals surface area contributed by atoms with Gasteiger partial charge in [0.2, 0.25) is 0 Å². The zero-order chi connectivity index (χ0) is 9.44. The summed E-state index contributed by atoms with van der Waals surface area (Å²) in [6.45, 7) is 2.81. The van der Waals surface area contributed by atoms with Crippen LogP contribution in [-0.2, 0) is 24.3 Å². The molecule has 0 spiro atoms. The molecule has 0 N–H and O–H groups in total. The van der Waals surface area contributed by atoms with Crippen molar-refractivity contribution < 1.29 is 24.3 Å². The molecule has 0 rings (SSSR count). The molecule has 0 radical (unpaired) electrons. The number of rotatable bonds is 2. The molecule has 0 saturated heterocycles.